The zero-order valence-corrected chi connectivity index (χ0v) is 11.1. The van der Waals surface area contributed by atoms with Crippen LogP contribution in [0.1, 0.15) is 29.6 Å². The number of carbonyl (C=O) groups is 1. The first kappa shape index (κ1) is 13.4. The lowest BCUT2D eigenvalue weighted by Gasteiger charge is -2.32. The second-order valence-electron chi connectivity index (χ2n) is 4.78. The average molecular weight is 268 g/mol. The monoisotopic (exact) mass is 267 g/mol. The van der Waals surface area contributed by atoms with Crippen molar-refractivity contribution in [3.8, 4) is 0 Å². The van der Waals surface area contributed by atoms with Gasteiger partial charge in [0.25, 0.3) is 5.91 Å². The maximum atomic E-state index is 12.3. The van der Waals surface area contributed by atoms with E-state index in [0.29, 0.717) is 16.5 Å². The summed E-state index contributed by atoms with van der Waals surface area (Å²) in [5.74, 6) is 0.465. The summed E-state index contributed by atoms with van der Waals surface area (Å²) in [6.07, 6.45) is 2.89. The van der Waals surface area contributed by atoms with Gasteiger partial charge < -0.3 is 10.0 Å². The van der Waals surface area contributed by atoms with Gasteiger partial charge in [0.1, 0.15) is 0 Å². The smallest absolute Gasteiger partial charge is 0.253 e. The highest BCUT2D eigenvalue weighted by Crippen LogP contribution is 2.21. The Morgan fingerprint density at radius 1 is 1.50 bits per heavy atom. The summed E-state index contributed by atoms with van der Waals surface area (Å²) in [6.45, 7) is 1.74. The van der Waals surface area contributed by atoms with Crippen LogP contribution in [0.4, 0.5) is 0 Å². The van der Waals surface area contributed by atoms with Gasteiger partial charge in [0.2, 0.25) is 0 Å². The van der Waals surface area contributed by atoms with Gasteiger partial charge in [0.15, 0.2) is 0 Å². The van der Waals surface area contributed by atoms with Gasteiger partial charge in [-0.05, 0) is 43.4 Å². The Morgan fingerprint density at radius 3 is 3.06 bits per heavy atom. The number of halogens is 1. The summed E-state index contributed by atoms with van der Waals surface area (Å²) < 4.78 is 0. The molecule has 1 unspecified atom stereocenters. The van der Waals surface area contributed by atoms with Crippen LogP contribution in [-0.4, -0.2) is 35.6 Å². The molecule has 1 aliphatic heterocycles. The predicted octanol–water partition coefficient (Wildman–Crippen LogP) is 2.57. The van der Waals surface area contributed by atoms with E-state index in [1.54, 1.807) is 24.3 Å². The van der Waals surface area contributed by atoms with E-state index in [4.69, 9.17) is 16.7 Å². The molecule has 4 heteroatoms. The molecule has 1 aromatic carbocycles. The summed E-state index contributed by atoms with van der Waals surface area (Å²) in [5, 5.41) is 9.56. The van der Waals surface area contributed by atoms with Crippen molar-refractivity contribution in [2.24, 2.45) is 5.92 Å². The van der Waals surface area contributed by atoms with Crippen LogP contribution >= 0.6 is 11.6 Å². The van der Waals surface area contributed by atoms with Gasteiger partial charge in [-0.1, -0.05) is 17.7 Å². The Bertz CT molecular complexity index is 420. The quantitative estimate of drug-likeness (QED) is 0.914. The van der Waals surface area contributed by atoms with Crippen LogP contribution in [0.3, 0.4) is 0 Å². The molecule has 0 aliphatic carbocycles. The van der Waals surface area contributed by atoms with Crippen LogP contribution in [0.5, 0.6) is 0 Å². The first-order chi connectivity index (χ1) is 8.70. The second kappa shape index (κ2) is 6.21. The van der Waals surface area contributed by atoms with Crippen molar-refractivity contribution >= 4 is 17.5 Å². The van der Waals surface area contributed by atoms with Crippen molar-refractivity contribution in [3.05, 3.63) is 34.9 Å². The molecule has 98 valence electrons. The number of amides is 1. The number of hydrogen-bond acceptors (Lipinski definition) is 2. The lowest BCUT2D eigenvalue weighted by atomic mass is 9.94. The third kappa shape index (κ3) is 3.24. The van der Waals surface area contributed by atoms with Gasteiger partial charge >= 0.3 is 0 Å². The Hall–Kier alpha value is -1.06. The van der Waals surface area contributed by atoms with Crippen molar-refractivity contribution in [1.82, 2.24) is 4.90 Å². The van der Waals surface area contributed by atoms with E-state index in [1.165, 1.54) is 0 Å². The fourth-order valence-corrected chi connectivity index (χ4v) is 2.66. The molecule has 1 aromatic rings. The van der Waals surface area contributed by atoms with E-state index in [1.807, 2.05) is 4.90 Å². The molecule has 0 saturated carbocycles. The molecule has 0 aromatic heterocycles. The van der Waals surface area contributed by atoms with Crippen LogP contribution in [0, 0.1) is 5.92 Å². The Kier molecular flexibility index (Phi) is 4.61. The molecule has 0 bridgehead atoms. The highest BCUT2D eigenvalue weighted by Gasteiger charge is 2.24. The van der Waals surface area contributed by atoms with Crippen molar-refractivity contribution in [3.63, 3.8) is 0 Å². The van der Waals surface area contributed by atoms with E-state index in [-0.39, 0.29) is 12.5 Å². The van der Waals surface area contributed by atoms with Crippen LogP contribution in [0.2, 0.25) is 5.02 Å². The molecule has 1 fully saturated rings. The van der Waals surface area contributed by atoms with E-state index in [0.717, 1.165) is 32.4 Å². The fraction of sp³-hybridized carbons (Fsp3) is 0.500. The summed E-state index contributed by atoms with van der Waals surface area (Å²) in [6, 6.07) is 7.07. The molecular formula is C14H18ClNO2. The summed E-state index contributed by atoms with van der Waals surface area (Å²) in [5.41, 5.74) is 0.646. The number of benzene rings is 1. The molecule has 3 nitrogen and oxygen atoms in total. The molecule has 1 heterocycles. The lowest BCUT2D eigenvalue weighted by molar-refractivity contribution is 0.0653. The van der Waals surface area contributed by atoms with Crippen LogP contribution in [-0.2, 0) is 0 Å². The van der Waals surface area contributed by atoms with Gasteiger partial charge in [0, 0.05) is 30.3 Å². The minimum atomic E-state index is 0.0418. The first-order valence-electron chi connectivity index (χ1n) is 6.36. The molecule has 1 atom stereocenters. The second-order valence-corrected chi connectivity index (χ2v) is 5.22. The van der Waals surface area contributed by atoms with Crippen molar-refractivity contribution in [1.29, 1.82) is 0 Å². The molecular weight excluding hydrogens is 250 g/mol. The maximum absolute atomic E-state index is 12.3. The van der Waals surface area contributed by atoms with Crippen LogP contribution in [0.15, 0.2) is 24.3 Å². The van der Waals surface area contributed by atoms with Crippen molar-refractivity contribution < 1.29 is 9.90 Å². The van der Waals surface area contributed by atoms with Gasteiger partial charge in [-0.2, -0.15) is 0 Å². The molecule has 1 aliphatic rings. The maximum Gasteiger partial charge on any atom is 0.253 e. The normalized spacial score (nSPS) is 19.9. The summed E-state index contributed by atoms with van der Waals surface area (Å²) in [4.78, 5) is 14.2. The van der Waals surface area contributed by atoms with Gasteiger partial charge in [-0.15, -0.1) is 0 Å². The molecule has 18 heavy (non-hydrogen) atoms. The number of nitrogens with zero attached hydrogens (tertiary/aromatic N) is 1. The van der Waals surface area contributed by atoms with E-state index >= 15 is 0 Å². The molecule has 0 radical (unpaired) electrons. The highest BCUT2D eigenvalue weighted by atomic mass is 35.5. The third-order valence-corrected chi connectivity index (χ3v) is 3.65. The van der Waals surface area contributed by atoms with Crippen LogP contribution < -0.4 is 0 Å². The highest BCUT2D eigenvalue weighted by molar-refractivity contribution is 6.30. The summed E-state index contributed by atoms with van der Waals surface area (Å²) in [7, 11) is 0. The minimum Gasteiger partial charge on any atom is -0.396 e. The number of piperidine rings is 1. The van der Waals surface area contributed by atoms with E-state index < -0.39 is 0 Å². The largest absolute Gasteiger partial charge is 0.396 e. The molecule has 1 N–H and O–H groups in total. The molecule has 1 saturated heterocycles. The van der Waals surface area contributed by atoms with Crippen molar-refractivity contribution in [2.75, 3.05) is 19.7 Å². The van der Waals surface area contributed by atoms with E-state index in [2.05, 4.69) is 0 Å². The molecule has 2 rings (SSSR count). The number of hydrogen-bond donors (Lipinski definition) is 1. The number of likely N-dealkylation sites (tertiary alicyclic amines) is 1. The number of rotatable bonds is 3. The van der Waals surface area contributed by atoms with Crippen molar-refractivity contribution in [2.45, 2.75) is 19.3 Å². The van der Waals surface area contributed by atoms with Gasteiger partial charge in [-0.25, -0.2) is 0 Å². The summed E-state index contributed by atoms with van der Waals surface area (Å²) >= 11 is 5.90. The fourth-order valence-electron chi connectivity index (χ4n) is 2.47. The third-order valence-electron chi connectivity index (χ3n) is 3.42. The Labute approximate surface area is 112 Å². The SMILES string of the molecule is O=C(c1cccc(Cl)c1)N1CCCC(CCO)C1. The lowest BCUT2D eigenvalue weighted by Crippen LogP contribution is -2.40. The molecule has 0 spiro atoms. The number of aliphatic hydroxyl groups is 1. The Balaban J connectivity index is 2.04. The zero-order valence-electron chi connectivity index (χ0n) is 10.3. The van der Waals surface area contributed by atoms with E-state index in [9.17, 15) is 4.79 Å². The number of carbonyl (C=O) groups excluding carboxylic acids is 1. The van der Waals surface area contributed by atoms with Gasteiger partial charge in [0.05, 0.1) is 0 Å². The average Bonchev–Trinajstić information content (AvgIpc) is 2.39. The zero-order chi connectivity index (χ0) is 13.0. The Morgan fingerprint density at radius 2 is 2.33 bits per heavy atom. The number of aliphatic hydroxyl groups excluding tert-OH is 1. The first-order valence-corrected chi connectivity index (χ1v) is 6.74. The van der Waals surface area contributed by atoms with Gasteiger partial charge in [-0.3, -0.25) is 4.79 Å². The predicted molar refractivity (Wildman–Crippen MR) is 71.8 cm³/mol. The topological polar surface area (TPSA) is 40.5 Å². The molecule has 1 amide bonds. The minimum absolute atomic E-state index is 0.0418. The standard InChI is InChI=1S/C14H18ClNO2/c15-13-5-1-4-12(9-13)14(18)16-7-2-3-11(10-16)6-8-17/h1,4-5,9,11,17H,2-3,6-8,10H2. The van der Waals surface area contributed by atoms with Crippen LogP contribution in [0.25, 0.3) is 0 Å².